The van der Waals surface area contributed by atoms with Crippen LogP contribution in [0.5, 0.6) is 0 Å². The highest BCUT2D eigenvalue weighted by Crippen LogP contribution is 2.42. The number of rotatable bonds is 2. The Bertz CT molecular complexity index is 511. The summed E-state index contributed by atoms with van der Waals surface area (Å²) in [4.78, 5) is 12.4. The first-order valence-electron chi connectivity index (χ1n) is 7.99. The largest absolute Gasteiger partial charge is 0.399 e. The van der Waals surface area contributed by atoms with Gasteiger partial charge in [0.1, 0.15) is 5.82 Å². The second kappa shape index (κ2) is 6.04. The van der Waals surface area contributed by atoms with E-state index >= 15 is 0 Å². The van der Waals surface area contributed by atoms with E-state index in [1.54, 1.807) is 6.07 Å². The maximum atomic E-state index is 13.3. The first-order valence-corrected chi connectivity index (χ1v) is 7.99. The summed E-state index contributed by atoms with van der Waals surface area (Å²) in [7, 11) is 0. The molecular formula is C17H23FN2O. The fourth-order valence-corrected chi connectivity index (χ4v) is 4.04. The van der Waals surface area contributed by atoms with Gasteiger partial charge in [0.25, 0.3) is 0 Å². The van der Waals surface area contributed by atoms with Gasteiger partial charge in [0.2, 0.25) is 5.91 Å². The molecule has 3 rings (SSSR count). The molecule has 0 saturated heterocycles. The molecule has 3 nitrogen and oxygen atoms in total. The number of nitrogen functional groups attached to an aromatic ring is 1. The predicted molar refractivity (Wildman–Crippen MR) is 82.2 cm³/mol. The van der Waals surface area contributed by atoms with Gasteiger partial charge in [-0.3, -0.25) is 4.79 Å². The lowest BCUT2D eigenvalue weighted by Crippen LogP contribution is -2.33. The van der Waals surface area contributed by atoms with Crippen LogP contribution in [0.2, 0.25) is 0 Å². The topological polar surface area (TPSA) is 55.1 Å². The Labute approximate surface area is 125 Å². The number of anilines is 2. The van der Waals surface area contributed by atoms with Gasteiger partial charge in [-0.05, 0) is 49.3 Å². The SMILES string of the molecule is Nc1cc(F)cc(NC(=O)C2CCC3CCCCC3C2)c1. The molecule has 1 aromatic rings. The van der Waals surface area contributed by atoms with Crippen molar-refractivity contribution in [3.8, 4) is 0 Å². The molecule has 0 bridgehead atoms. The van der Waals surface area contributed by atoms with Crippen LogP contribution in [0.15, 0.2) is 18.2 Å². The molecule has 0 heterocycles. The minimum Gasteiger partial charge on any atom is -0.399 e. The Kier molecular flexibility index (Phi) is 4.13. The van der Waals surface area contributed by atoms with Crippen molar-refractivity contribution in [1.82, 2.24) is 0 Å². The van der Waals surface area contributed by atoms with Crippen LogP contribution < -0.4 is 11.1 Å². The average molecular weight is 290 g/mol. The number of benzene rings is 1. The second-order valence-corrected chi connectivity index (χ2v) is 6.58. The number of halogens is 1. The molecule has 0 spiro atoms. The number of carbonyl (C=O) groups excluding carboxylic acids is 1. The second-order valence-electron chi connectivity index (χ2n) is 6.58. The lowest BCUT2D eigenvalue weighted by Gasteiger charge is -2.38. The maximum absolute atomic E-state index is 13.3. The Morgan fingerprint density at radius 2 is 1.86 bits per heavy atom. The van der Waals surface area contributed by atoms with Crippen molar-refractivity contribution in [1.29, 1.82) is 0 Å². The third-order valence-electron chi connectivity index (χ3n) is 5.10. The first kappa shape index (κ1) is 14.4. The van der Waals surface area contributed by atoms with Crippen LogP contribution in [0.25, 0.3) is 0 Å². The molecule has 0 radical (unpaired) electrons. The normalized spacial score (nSPS) is 28.7. The van der Waals surface area contributed by atoms with Crippen molar-refractivity contribution in [3.05, 3.63) is 24.0 Å². The van der Waals surface area contributed by atoms with Gasteiger partial charge in [-0.15, -0.1) is 0 Å². The number of nitrogens with one attached hydrogen (secondary N) is 1. The molecule has 4 heteroatoms. The highest BCUT2D eigenvalue weighted by Gasteiger charge is 2.34. The number of hydrogen-bond donors (Lipinski definition) is 2. The van der Waals surface area contributed by atoms with Crippen LogP contribution >= 0.6 is 0 Å². The molecule has 2 fully saturated rings. The molecule has 3 N–H and O–H groups in total. The van der Waals surface area contributed by atoms with Crippen LogP contribution in [0.1, 0.15) is 44.9 Å². The number of amides is 1. The quantitative estimate of drug-likeness (QED) is 0.810. The van der Waals surface area contributed by atoms with Crippen molar-refractivity contribution in [2.45, 2.75) is 44.9 Å². The van der Waals surface area contributed by atoms with Gasteiger partial charge in [-0.1, -0.05) is 25.7 Å². The van der Waals surface area contributed by atoms with Crippen molar-refractivity contribution >= 4 is 17.3 Å². The highest BCUT2D eigenvalue weighted by atomic mass is 19.1. The molecule has 3 unspecified atom stereocenters. The summed E-state index contributed by atoms with van der Waals surface area (Å²) in [6.45, 7) is 0. The summed E-state index contributed by atoms with van der Waals surface area (Å²) >= 11 is 0. The van der Waals surface area contributed by atoms with Crippen molar-refractivity contribution < 1.29 is 9.18 Å². The first-order chi connectivity index (χ1) is 10.1. The van der Waals surface area contributed by atoms with E-state index in [9.17, 15) is 9.18 Å². The molecule has 0 aliphatic heterocycles. The van der Waals surface area contributed by atoms with Crippen molar-refractivity contribution in [2.75, 3.05) is 11.1 Å². The number of carbonyl (C=O) groups is 1. The standard InChI is InChI=1S/C17H23FN2O/c18-14-8-15(19)10-16(9-14)20-17(21)13-6-5-11-3-1-2-4-12(11)7-13/h8-13H,1-7,19H2,(H,20,21). The van der Waals surface area contributed by atoms with Gasteiger partial charge < -0.3 is 11.1 Å². The summed E-state index contributed by atoms with van der Waals surface area (Å²) in [6, 6.07) is 4.18. The zero-order valence-electron chi connectivity index (χ0n) is 12.3. The van der Waals surface area contributed by atoms with Crippen LogP contribution in [-0.4, -0.2) is 5.91 Å². The van der Waals surface area contributed by atoms with Gasteiger partial charge in [0.15, 0.2) is 0 Å². The Morgan fingerprint density at radius 3 is 2.62 bits per heavy atom. The Hall–Kier alpha value is -1.58. The van der Waals surface area contributed by atoms with Gasteiger partial charge >= 0.3 is 0 Å². The van der Waals surface area contributed by atoms with E-state index in [0.717, 1.165) is 25.2 Å². The minimum absolute atomic E-state index is 0.0176. The van der Waals surface area contributed by atoms with E-state index in [4.69, 9.17) is 5.73 Å². The number of hydrogen-bond acceptors (Lipinski definition) is 2. The highest BCUT2D eigenvalue weighted by molar-refractivity contribution is 5.93. The average Bonchev–Trinajstić information content (AvgIpc) is 2.45. The smallest absolute Gasteiger partial charge is 0.227 e. The molecule has 3 atom stereocenters. The number of nitrogens with two attached hydrogens (primary N) is 1. The summed E-state index contributed by atoms with van der Waals surface area (Å²) in [5.74, 6) is 1.20. The Morgan fingerprint density at radius 1 is 1.10 bits per heavy atom. The van der Waals surface area contributed by atoms with E-state index in [1.165, 1.54) is 37.8 Å². The third-order valence-corrected chi connectivity index (χ3v) is 5.10. The molecule has 0 aromatic heterocycles. The van der Waals surface area contributed by atoms with E-state index in [1.807, 2.05) is 0 Å². The van der Waals surface area contributed by atoms with E-state index in [-0.39, 0.29) is 11.8 Å². The summed E-state index contributed by atoms with van der Waals surface area (Å²) in [5, 5.41) is 2.83. The maximum Gasteiger partial charge on any atom is 0.227 e. The molecule has 2 aliphatic carbocycles. The summed E-state index contributed by atoms with van der Waals surface area (Å²) in [5.41, 5.74) is 6.41. The molecule has 21 heavy (non-hydrogen) atoms. The fourth-order valence-electron chi connectivity index (χ4n) is 4.04. The third kappa shape index (κ3) is 3.36. The lowest BCUT2D eigenvalue weighted by atomic mass is 9.67. The zero-order valence-corrected chi connectivity index (χ0v) is 12.3. The van der Waals surface area contributed by atoms with Gasteiger partial charge in [-0.2, -0.15) is 0 Å². The van der Waals surface area contributed by atoms with E-state index < -0.39 is 5.82 Å². The molecule has 1 amide bonds. The van der Waals surface area contributed by atoms with Crippen molar-refractivity contribution in [3.63, 3.8) is 0 Å². The van der Waals surface area contributed by atoms with Crippen LogP contribution in [0.4, 0.5) is 15.8 Å². The summed E-state index contributed by atoms with van der Waals surface area (Å²) < 4.78 is 13.3. The lowest BCUT2D eigenvalue weighted by molar-refractivity contribution is -0.122. The molecule has 2 saturated carbocycles. The van der Waals surface area contributed by atoms with E-state index in [2.05, 4.69) is 5.32 Å². The van der Waals surface area contributed by atoms with Crippen LogP contribution in [0.3, 0.4) is 0 Å². The van der Waals surface area contributed by atoms with E-state index in [0.29, 0.717) is 17.3 Å². The molecule has 1 aromatic carbocycles. The Balaban J connectivity index is 1.62. The molecular weight excluding hydrogens is 267 g/mol. The minimum atomic E-state index is -0.415. The van der Waals surface area contributed by atoms with Crippen LogP contribution in [0, 0.1) is 23.6 Å². The molecule has 114 valence electrons. The van der Waals surface area contributed by atoms with Crippen molar-refractivity contribution in [2.24, 2.45) is 17.8 Å². The van der Waals surface area contributed by atoms with Gasteiger partial charge in [0, 0.05) is 17.3 Å². The number of fused-ring (bicyclic) bond motifs is 1. The van der Waals surface area contributed by atoms with Gasteiger partial charge in [0.05, 0.1) is 0 Å². The zero-order chi connectivity index (χ0) is 14.8. The van der Waals surface area contributed by atoms with Crippen LogP contribution in [-0.2, 0) is 4.79 Å². The monoisotopic (exact) mass is 290 g/mol. The van der Waals surface area contributed by atoms with Gasteiger partial charge in [-0.25, -0.2) is 4.39 Å². The predicted octanol–water partition coefficient (Wildman–Crippen LogP) is 3.95. The molecule has 2 aliphatic rings. The summed E-state index contributed by atoms with van der Waals surface area (Å²) in [6.07, 6.45) is 8.35. The fraction of sp³-hybridized carbons (Fsp3) is 0.588.